The Morgan fingerprint density at radius 2 is 1.73 bits per heavy atom. The Hall–Kier alpha value is -3.92. The summed E-state index contributed by atoms with van der Waals surface area (Å²) in [6.45, 7) is 0. The van der Waals surface area contributed by atoms with Crippen molar-refractivity contribution in [1.82, 2.24) is 4.98 Å². The molecule has 0 fully saturated rings. The molecular formula is C20H15N3O6S. The summed E-state index contributed by atoms with van der Waals surface area (Å²) in [4.78, 5) is 14.5. The summed E-state index contributed by atoms with van der Waals surface area (Å²) in [5.41, 5.74) is 1.82. The van der Waals surface area contributed by atoms with Crippen LogP contribution in [0.1, 0.15) is 0 Å². The summed E-state index contributed by atoms with van der Waals surface area (Å²) in [5, 5.41) is 10.7. The second-order valence-electron chi connectivity index (χ2n) is 6.29. The van der Waals surface area contributed by atoms with E-state index in [1.807, 2.05) is 12.1 Å². The van der Waals surface area contributed by atoms with Crippen LogP contribution in [0.3, 0.4) is 0 Å². The van der Waals surface area contributed by atoms with Crippen molar-refractivity contribution >= 4 is 32.5 Å². The Labute approximate surface area is 171 Å². The number of ether oxygens (including phenoxy) is 1. The number of rotatable bonds is 6. The van der Waals surface area contributed by atoms with Crippen molar-refractivity contribution in [2.45, 2.75) is 4.90 Å². The van der Waals surface area contributed by atoms with Gasteiger partial charge in [0.25, 0.3) is 15.7 Å². The smallest absolute Gasteiger partial charge is 0.269 e. The lowest BCUT2D eigenvalue weighted by atomic mass is 10.2. The molecule has 0 saturated heterocycles. The molecule has 0 amide bonds. The van der Waals surface area contributed by atoms with Crippen LogP contribution >= 0.6 is 0 Å². The van der Waals surface area contributed by atoms with Crippen molar-refractivity contribution in [3.63, 3.8) is 0 Å². The van der Waals surface area contributed by atoms with Crippen LogP contribution in [0.15, 0.2) is 76.0 Å². The van der Waals surface area contributed by atoms with Gasteiger partial charge < -0.3 is 9.15 Å². The van der Waals surface area contributed by atoms with E-state index in [0.717, 1.165) is 17.7 Å². The number of nitrogens with one attached hydrogen (secondary N) is 1. The van der Waals surface area contributed by atoms with Gasteiger partial charge in [-0.3, -0.25) is 14.8 Å². The Kier molecular flexibility index (Phi) is 4.84. The molecule has 0 aliphatic carbocycles. The van der Waals surface area contributed by atoms with Crippen LogP contribution in [-0.2, 0) is 10.0 Å². The van der Waals surface area contributed by atoms with Crippen LogP contribution in [0, 0.1) is 10.1 Å². The molecule has 1 N–H and O–H groups in total. The summed E-state index contributed by atoms with van der Waals surface area (Å²) in [6.07, 6.45) is 0. The first-order chi connectivity index (χ1) is 14.4. The number of aromatic nitrogens is 1. The molecule has 0 radical (unpaired) electrons. The molecule has 0 atom stereocenters. The minimum atomic E-state index is -3.92. The molecular weight excluding hydrogens is 410 g/mol. The third-order valence-corrected chi connectivity index (χ3v) is 5.73. The predicted molar refractivity (Wildman–Crippen MR) is 110 cm³/mol. The lowest BCUT2D eigenvalue weighted by molar-refractivity contribution is -0.384. The number of anilines is 1. The fourth-order valence-electron chi connectivity index (χ4n) is 2.81. The largest absolute Gasteiger partial charge is 0.497 e. The molecule has 0 saturated carbocycles. The molecule has 3 aromatic carbocycles. The van der Waals surface area contributed by atoms with Crippen LogP contribution in [-0.4, -0.2) is 25.4 Å². The molecule has 4 aromatic rings. The topological polar surface area (TPSA) is 125 Å². The molecule has 0 bridgehead atoms. The number of hydrogen-bond donors (Lipinski definition) is 1. The molecule has 0 aliphatic heterocycles. The molecule has 10 heteroatoms. The second-order valence-corrected chi connectivity index (χ2v) is 7.97. The summed E-state index contributed by atoms with van der Waals surface area (Å²) in [7, 11) is -2.35. The fourth-order valence-corrected chi connectivity index (χ4v) is 3.86. The quantitative estimate of drug-likeness (QED) is 0.362. The maximum atomic E-state index is 12.6. The van der Waals surface area contributed by atoms with Gasteiger partial charge in [-0.15, -0.1) is 0 Å². The number of sulfonamides is 1. The second kappa shape index (κ2) is 7.48. The predicted octanol–water partition coefficient (Wildman–Crippen LogP) is 4.21. The Morgan fingerprint density at radius 1 is 1.03 bits per heavy atom. The van der Waals surface area contributed by atoms with Gasteiger partial charge in [0, 0.05) is 17.7 Å². The summed E-state index contributed by atoms with van der Waals surface area (Å²) < 4.78 is 38.5. The van der Waals surface area contributed by atoms with Crippen molar-refractivity contribution in [2.75, 3.05) is 11.8 Å². The van der Waals surface area contributed by atoms with Gasteiger partial charge in [0.2, 0.25) is 5.89 Å². The van der Waals surface area contributed by atoms with Gasteiger partial charge in [0.1, 0.15) is 11.3 Å². The minimum absolute atomic E-state index is 0.0905. The SMILES string of the molecule is COc1ccc(-c2nc3cc(NS(=O)(=O)c4ccc([N+](=O)[O-])cc4)ccc3o2)cc1. The number of oxazole rings is 1. The summed E-state index contributed by atoms with van der Waals surface area (Å²) in [5.74, 6) is 1.10. The molecule has 9 nitrogen and oxygen atoms in total. The zero-order chi connectivity index (χ0) is 21.3. The Bertz CT molecular complexity index is 1330. The van der Waals surface area contributed by atoms with Crippen LogP contribution in [0.5, 0.6) is 5.75 Å². The van der Waals surface area contributed by atoms with Gasteiger partial charge in [-0.25, -0.2) is 13.4 Å². The van der Waals surface area contributed by atoms with Gasteiger partial charge in [-0.2, -0.15) is 0 Å². The standard InChI is InChI=1S/C20H15N3O6S/c1-28-16-7-2-13(3-8-16)20-21-18-12-14(4-11-19(18)29-20)22-30(26,27)17-9-5-15(6-10-17)23(24)25/h2-12,22H,1H3. The Morgan fingerprint density at radius 3 is 2.37 bits per heavy atom. The molecule has 0 unspecified atom stereocenters. The number of nitro groups is 1. The van der Waals surface area contributed by atoms with Crippen LogP contribution < -0.4 is 9.46 Å². The molecule has 0 aliphatic rings. The van der Waals surface area contributed by atoms with Gasteiger partial charge in [-0.1, -0.05) is 0 Å². The van der Waals surface area contributed by atoms with E-state index >= 15 is 0 Å². The maximum absolute atomic E-state index is 12.6. The Balaban J connectivity index is 1.60. The summed E-state index contributed by atoms with van der Waals surface area (Å²) in [6, 6.07) is 16.5. The number of nitro benzene ring substituents is 1. The highest BCUT2D eigenvalue weighted by Gasteiger charge is 2.17. The van der Waals surface area contributed by atoms with E-state index < -0.39 is 14.9 Å². The van der Waals surface area contributed by atoms with E-state index in [1.165, 1.54) is 12.1 Å². The highest BCUT2D eigenvalue weighted by Crippen LogP contribution is 2.28. The number of hydrogen-bond acceptors (Lipinski definition) is 7. The van der Waals surface area contributed by atoms with E-state index in [4.69, 9.17) is 9.15 Å². The third kappa shape index (κ3) is 3.80. The van der Waals surface area contributed by atoms with Gasteiger partial charge in [0.15, 0.2) is 5.58 Å². The van der Waals surface area contributed by atoms with Crippen LogP contribution in [0.4, 0.5) is 11.4 Å². The third-order valence-electron chi connectivity index (χ3n) is 4.33. The number of nitrogens with zero attached hydrogens (tertiary/aromatic N) is 2. The number of fused-ring (bicyclic) bond motifs is 1. The number of benzene rings is 3. The van der Waals surface area contributed by atoms with Crippen molar-refractivity contribution < 1.29 is 22.5 Å². The first-order valence-corrected chi connectivity index (χ1v) is 10.2. The van der Waals surface area contributed by atoms with Crippen molar-refractivity contribution in [3.05, 3.63) is 76.8 Å². The molecule has 4 rings (SSSR count). The van der Waals surface area contributed by atoms with E-state index in [-0.39, 0.29) is 16.3 Å². The van der Waals surface area contributed by atoms with Gasteiger partial charge in [0.05, 0.1) is 22.6 Å². The van der Waals surface area contributed by atoms with Crippen molar-refractivity contribution in [1.29, 1.82) is 0 Å². The minimum Gasteiger partial charge on any atom is -0.497 e. The average Bonchev–Trinajstić information content (AvgIpc) is 3.17. The molecule has 1 heterocycles. The van der Waals surface area contributed by atoms with E-state index in [0.29, 0.717) is 22.7 Å². The van der Waals surface area contributed by atoms with E-state index in [1.54, 1.807) is 37.4 Å². The maximum Gasteiger partial charge on any atom is 0.269 e. The molecule has 30 heavy (non-hydrogen) atoms. The van der Waals surface area contributed by atoms with E-state index in [9.17, 15) is 18.5 Å². The van der Waals surface area contributed by atoms with Crippen molar-refractivity contribution in [2.24, 2.45) is 0 Å². The summed E-state index contributed by atoms with van der Waals surface area (Å²) >= 11 is 0. The number of methoxy groups -OCH3 is 1. The average molecular weight is 425 g/mol. The normalized spacial score (nSPS) is 11.4. The van der Waals surface area contributed by atoms with E-state index in [2.05, 4.69) is 9.71 Å². The zero-order valence-electron chi connectivity index (χ0n) is 15.6. The molecule has 0 spiro atoms. The highest BCUT2D eigenvalue weighted by molar-refractivity contribution is 7.92. The lowest BCUT2D eigenvalue weighted by Crippen LogP contribution is -2.12. The first kappa shape index (κ1) is 19.4. The fraction of sp³-hybridized carbons (Fsp3) is 0.0500. The monoisotopic (exact) mass is 425 g/mol. The lowest BCUT2D eigenvalue weighted by Gasteiger charge is -2.07. The zero-order valence-corrected chi connectivity index (χ0v) is 16.4. The van der Waals surface area contributed by atoms with Crippen LogP contribution in [0.2, 0.25) is 0 Å². The highest BCUT2D eigenvalue weighted by atomic mass is 32.2. The van der Waals surface area contributed by atoms with Crippen LogP contribution in [0.25, 0.3) is 22.6 Å². The molecule has 1 aromatic heterocycles. The van der Waals surface area contributed by atoms with Gasteiger partial charge >= 0.3 is 0 Å². The number of non-ortho nitro benzene ring substituents is 1. The molecule has 152 valence electrons. The first-order valence-electron chi connectivity index (χ1n) is 8.68. The van der Waals surface area contributed by atoms with Crippen molar-refractivity contribution in [3.8, 4) is 17.2 Å². The van der Waals surface area contributed by atoms with Gasteiger partial charge in [-0.05, 0) is 54.6 Å².